The van der Waals surface area contributed by atoms with Crippen molar-refractivity contribution in [1.29, 1.82) is 0 Å². The van der Waals surface area contributed by atoms with E-state index in [0.29, 0.717) is 27.7 Å². The summed E-state index contributed by atoms with van der Waals surface area (Å²) in [4.78, 5) is 15.5. The first-order valence-electron chi connectivity index (χ1n) is 10.5. The molecule has 0 amide bonds. The first-order valence-corrected chi connectivity index (χ1v) is 10.8. The number of halogens is 1. The number of H-pyrrole nitrogens is 1. The predicted molar refractivity (Wildman–Crippen MR) is 122 cm³/mol. The van der Waals surface area contributed by atoms with Crippen LogP contribution in [0.4, 0.5) is 0 Å². The highest BCUT2D eigenvalue weighted by Gasteiger charge is 2.21. The molecule has 5 rings (SSSR count). The number of aromatic hydroxyl groups is 1. The number of hydrogen-bond donors (Lipinski definition) is 2. The second-order valence-corrected chi connectivity index (χ2v) is 8.42. The number of nitrogens with one attached hydrogen (secondary N) is 1. The number of fused-ring (bicyclic) bond motifs is 1. The van der Waals surface area contributed by atoms with Gasteiger partial charge >= 0.3 is 0 Å². The zero-order valence-electron chi connectivity index (χ0n) is 16.6. The van der Waals surface area contributed by atoms with E-state index in [1.165, 1.54) is 37.7 Å². The van der Waals surface area contributed by atoms with Gasteiger partial charge in [-0.3, -0.25) is 9.36 Å². The Bertz CT molecular complexity index is 1250. The Morgan fingerprint density at radius 3 is 2.37 bits per heavy atom. The monoisotopic (exact) mass is 418 g/mol. The molecule has 0 aliphatic heterocycles. The maximum atomic E-state index is 12.7. The molecule has 2 aromatic heterocycles. The first-order chi connectivity index (χ1) is 14.6. The smallest absolute Gasteiger partial charge is 0.260 e. The van der Waals surface area contributed by atoms with Crippen molar-refractivity contribution in [3.63, 3.8) is 0 Å². The van der Waals surface area contributed by atoms with Crippen LogP contribution in [0.25, 0.3) is 27.8 Å². The van der Waals surface area contributed by atoms with Gasteiger partial charge in [0.1, 0.15) is 10.7 Å². The third-order valence-electron chi connectivity index (χ3n) is 6.18. The van der Waals surface area contributed by atoms with Crippen LogP contribution in [0.5, 0.6) is 5.75 Å². The van der Waals surface area contributed by atoms with Crippen molar-refractivity contribution in [1.82, 2.24) is 9.55 Å². The number of hydrogen-bond acceptors (Lipinski definition) is 2. The first kappa shape index (κ1) is 19.0. The van der Waals surface area contributed by atoms with Crippen LogP contribution in [0.15, 0.2) is 65.5 Å². The fraction of sp³-hybridized carbons (Fsp3) is 0.240. The Labute approximate surface area is 179 Å². The number of aromatic nitrogens is 2. The van der Waals surface area contributed by atoms with Crippen LogP contribution in [-0.2, 0) is 0 Å². The van der Waals surface area contributed by atoms with Crippen molar-refractivity contribution in [3.05, 3.63) is 81.7 Å². The second-order valence-electron chi connectivity index (χ2n) is 8.03. The van der Waals surface area contributed by atoms with Crippen molar-refractivity contribution in [2.45, 2.75) is 38.0 Å². The lowest BCUT2D eigenvalue weighted by atomic mass is 9.84. The van der Waals surface area contributed by atoms with Gasteiger partial charge in [0, 0.05) is 5.69 Å². The van der Waals surface area contributed by atoms with Crippen LogP contribution in [0.3, 0.4) is 0 Å². The van der Waals surface area contributed by atoms with Gasteiger partial charge in [-0.25, -0.2) is 0 Å². The van der Waals surface area contributed by atoms with Gasteiger partial charge in [0.15, 0.2) is 5.75 Å². The fourth-order valence-electron chi connectivity index (χ4n) is 4.68. The Morgan fingerprint density at radius 1 is 0.967 bits per heavy atom. The molecule has 0 unspecified atom stereocenters. The molecular formula is C25H23ClN2O2. The summed E-state index contributed by atoms with van der Waals surface area (Å²) in [5, 5.41) is 11.5. The van der Waals surface area contributed by atoms with E-state index in [1.807, 2.05) is 42.5 Å². The molecule has 0 bridgehead atoms. The summed E-state index contributed by atoms with van der Waals surface area (Å²) in [6, 6.07) is 19.3. The topological polar surface area (TPSA) is 58.0 Å². The van der Waals surface area contributed by atoms with Crippen LogP contribution in [0.2, 0.25) is 5.15 Å². The van der Waals surface area contributed by atoms with Crippen LogP contribution in [0.1, 0.15) is 43.6 Å². The third-order valence-corrected chi connectivity index (χ3v) is 6.46. The van der Waals surface area contributed by atoms with Gasteiger partial charge in [0.25, 0.3) is 5.56 Å². The van der Waals surface area contributed by atoms with Gasteiger partial charge in [0.2, 0.25) is 0 Å². The minimum Gasteiger partial charge on any atom is -0.505 e. The van der Waals surface area contributed by atoms with Crippen molar-refractivity contribution in [2.24, 2.45) is 0 Å². The summed E-state index contributed by atoms with van der Waals surface area (Å²) in [5.74, 6) is 0.558. The van der Waals surface area contributed by atoms with E-state index in [-0.39, 0.29) is 16.9 Å². The molecule has 1 saturated carbocycles. The van der Waals surface area contributed by atoms with Gasteiger partial charge in [0.05, 0.1) is 11.1 Å². The van der Waals surface area contributed by atoms with Crippen LogP contribution >= 0.6 is 11.6 Å². The molecule has 0 atom stereocenters. The molecule has 2 aromatic carbocycles. The average molecular weight is 419 g/mol. The number of aromatic amines is 1. The molecule has 0 spiro atoms. The molecule has 152 valence electrons. The predicted octanol–water partition coefficient (Wildman–Crippen LogP) is 6.39. The molecule has 2 heterocycles. The summed E-state index contributed by atoms with van der Waals surface area (Å²) in [5.41, 5.74) is 3.80. The van der Waals surface area contributed by atoms with Crippen molar-refractivity contribution in [2.75, 3.05) is 0 Å². The van der Waals surface area contributed by atoms with E-state index in [9.17, 15) is 9.90 Å². The van der Waals surface area contributed by atoms with Gasteiger partial charge in [-0.05, 0) is 48.1 Å². The lowest BCUT2D eigenvalue weighted by Gasteiger charge is -2.22. The maximum Gasteiger partial charge on any atom is 0.260 e. The van der Waals surface area contributed by atoms with E-state index in [2.05, 4.69) is 17.1 Å². The summed E-state index contributed by atoms with van der Waals surface area (Å²) in [6.45, 7) is 0. The van der Waals surface area contributed by atoms with Crippen LogP contribution in [0, 0.1) is 0 Å². The molecule has 0 radical (unpaired) electrons. The van der Waals surface area contributed by atoms with E-state index in [4.69, 9.17) is 11.6 Å². The Balaban J connectivity index is 1.64. The minimum atomic E-state index is -0.340. The summed E-state index contributed by atoms with van der Waals surface area (Å²) in [6.07, 6.45) is 6.42. The molecule has 0 saturated heterocycles. The molecule has 4 aromatic rings. The van der Waals surface area contributed by atoms with Gasteiger partial charge in [-0.2, -0.15) is 0 Å². The molecule has 4 nitrogen and oxygen atoms in total. The van der Waals surface area contributed by atoms with Crippen molar-refractivity contribution in [3.8, 4) is 22.6 Å². The Kier molecular flexibility index (Phi) is 4.87. The Hall–Kier alpha value is -2.98. The number of benzene rings is 2. The maximum absolute atomic E-state index is 12.7. The summed E-state index contributed by atoms with van der Waals surface area (Å²) >= 11 is 6.54. The molecule has 1 fully saturated rings. The zero-order chi connectivity index (χ0) is 20.7. The van der Waals surface area contributed by atoms with E-state index < -0.39 is 0 Å². The molecule has 1 aliphatic carbocycles. The molecule has 30 heavy (non-hydrogen) atoms. The van der Waals surface area contributed by atoms with Crippen LogP contribution in [-0.4, -0.2) is 14.7 Å². The largest absolute Gasteiger partial charge is 0.505 e. The van der Waals surface area contributed by atoms with Crippen molar-refractivity contribution >= 4 is 22.6 Å². The lowest BCUT2D eigenvalue weighted by molar-refractivity contribution is 0.443. The summed E-state index contributed by atoms with van der Waals surface area (Å²) < 4.78 is 1.79. The van der Waals surface area contributed by atoms with E-state index in [1.54, 1.807) is 10.6 Å². The molecular weight excluding hydrogens is 396 g/mol. The zero-order valence-corrected chi connectivity index (χ0v) is 17.3. The average Bonchev–Trinajstić information content (AvgIpc) is 3.11. The molecule has 5 heteroatoms. The lowest BCUT2D eigenvalue weighted by Crippen LogP contribution is -2.10. The van der Waals surface area contributed by atoms with Crippen molar-refractivity contribution < 1.29 is 5.11 Å². The number of rotatable bonds is 3. The summed E-state index contributed by atoms with van der Waals surface area (Å²) in [7, 11) is 0. The molecule has 1 aliphatic rings. The number of pyridine rings is 1. The highest BCUT2D eigenvalue weighted by atomic mass is 35.5. The SMILES string of the molecule is O=c1[nH]c2cc(Cl)n(-c3ccc(C4CCCCC4)cc3)c2c(O)c1-c1ccccc1. The second kappa shape index (κ2) is 7.69. The third kappa shape index (κ3) is 3.21. The van der Waals surface area contributed by atoms with E-state index >= 15 is 0 Å². The minimum absolute atomic E-state index is 0.0665. The van der Waals surface area contributed by atoms with Gasteiger partial charge in [-0.1, -0.05) is 73.3 Å². The van der Waals surface area contributed by atoms with Gasteiger partial charge in [-0.15, -0.1) is 0 Å². The quantitative estimate of drug-likeness (QED) is 0.404. The molecule has 2 N–H and O–H groups in total. The highest BCUT2D eigenvalue weighted by Crippen LogP contribution is 2.38. The fourth-order valence-corrected chi connectivity index (χ4v) is 4.97. The van der Waals surface area contributed by atoms with Gasteiger partial charge < -0.3 is 10.1 Å². The normalized spacial score (nSPS) is 15.0. The number of nitrogens with zero attached hydrogens (tertiary/aromatic N) is 1. The standard InChI is InChI=1S/C25H23ClN2O2/c26-21-15-20-23(24(29)22(25(30)27-20)18-9-5-2-6-10-18)28(21)19-13-11-17(12-14-19)16-7-3-1-4-8-16/h2,5-6,9-16H,1,3-4,7-8H2,(H2,27,29,30). The van der Waals surface area contributed by atoms with Crippen LogP contribution < -0.4 is 5.56 Å². The Morgan fingerprint density at radius 2 is 1.67 bits per heavy atom. The van der Waals surface area contributed by atoms with E-state index in [0.717, 1.165) is 5.69 Å². The highest BCUT2D eigenvalue weighted by molar-refractivity contribution is 6.31.